The van der Waals surface area contributed by atoms with E-state index >= 15 is 0 Å². The lowest BCUT2D eigenvalue weighted by atomic mass is 10.3. The third-order valence-electron chi connectivity index (χ3n) is 2.14. The maximum atomic E-state index is 12.0. The van der Waals surface area contributed by atoms with E-state index in [2.05, 4.69) is 10.3 Å². The molecule has 7 heteroatoms. The largest absolute Gasteiger partial charge is 0.489 e. The van der Waals surface area contributed by atoms with Gasteiger partial charge >= 0.3 is 6.18 Å². The molecule has 1 aromatic heterocycles. The molecule has 1 aromatic rings. The topological polar surface area (TPSA) is 54.4 Å². The third-order valence-corrected chi connectivity index (χ3v) is 2.14. The van der Waals surface area contributed by atoms with E-state index < -0.39 is 18.9 Å². The van der Waals surface area contributed by atoms with Gasteiger partial charge in [-0.05, 0) is 18.7 Å². The first-order chi connectivity index (χ1) is 8.43. The summed E-state index contributed by atoms with van der Waals surface area (Å²) in [6.45, 7) is 2.51. The minimum Gasteiger partial charge on any atom is -0.489 e. The van der Waals surface area contributed by atoms with E-state index in [0.717, 1.165) is 12.2 Å². The molecule has 0 bridgehead atoms. The highest BCUT2D eigenvalue weighted by Gasteiger charge is 2.38. The summed E-state index contributed by atoms with van der Waals surface area (Å²) < 4.78 is 40.8. The lowest BCUT2D eigenvalue weighted by Gasteiger charge is -2.15. The van der Waals surface area contributed by atoms with Crippen LogP contribution in [0.15, 0.2) is 18.3 Å². The summed E-state index contributed by atoms with van der Waals surface area (Å²) in [5.74, 6) is 0.193. The van der Waals surface area contributed by atoms with Gasteiger partial charge in [-0.15, -0.1) is 0 Å². The molecule has 0 amide bonds. The Balaban J connectivity index is 2.44. The maximum absolute atomic E-state index is 12.0. The lowest BCUT2D eigenvalue weighted by Crippen LogP contribution is -2.34. The Kier molecular flexibility index (Phi) is 5.36. The monoisotopic (exact) mass is 264 g/mol. The Labute approximate surface area is 103 Å². The number of nitrogens with one attached hydrogen (secondary N) is 1. The molecule has 0 fully saturated rings. The minimum atomic E-state index is -4.67. The molecule has 2 N–H and O–H groups in total. The molecule has 0 saturated carbocycles. The van der Waals surface area contributed by atoms with Gasteiger partial charge < -0.3 is 15.2 Å². The van der Waals surface area contributed by atoms with Crippen LogP contribution in [0.3, 0.4) is 0 Å². The summed E-state index contributed by atoms with van der Waals surface area (Å²) in [5.41, 5.74) is 0.764. The van der Waals surface area contributed by atoms with Crippen molar-refractivity contribution in [2.24, 2.45) is 0 Å². The van der Waals surface area contributed by atoms with Gasteiger partial charge in [0, 0.05) is 6.54 Å². The third kappa shape index (κ3) is 4.89. The van der Waals surface area contributed by atoms with Gasteiger partial charge in [-0.2, -0.15) is 13.2 Å². The van der Waals surface area contributed by atoms with Gasteiger partial charge in [0.05, 0.1) is 11.9 Å². The van der Waals surface area contributed by atoms with Crippen molar-refractivity contribution in [3.8, 4) is 5.75 Å². The molecule has 102 valence electrons. The fraction of sp³-hybridized carbons (Fsp3) is 0.545. The summed E-state index contributed by atoms with van der Waals surface area (Å²) in [7, 11) is 0. The van der Waals surface area contributed by atoms with E-state index in [-0.39, 0.29) is 5.75 Å². The van der Waals surface area contributed by atoms with E-state index in [4.69, 9.17) is 9.84 Å². The molecule has 0 aromatic carbocycles. The first-order valence-corrected chi connectivity index (χ1v) is 5.46. The van der Waals surface area contributed by atoms with Crippen LogP contribution in [0.4, 0.5) is 13.2 Å². The molecule has 4 nitrogen and oxygen atoms in total. The number of pyridine rings is 1. The lowest BCUT2D eigenvalue weighted by molar-refractivity contribution is -0.210. The van der Waals surface area contributed by atoms with Crippen LogP contribution in [-0.2, 0) is 6.54 Å². The number of hydrogen-bond donors (Lipinski definition) is 2. The van der Waals surface area contributed by atoms with Crippen molar-refractivity contribution < 1.29 is 23.0 Å². The highest BCUT2D eigenvalue weighted by atomic mass is 19.4. The van der Waals surface area contributed by atoms with E-state index in [0.29, 0.717) is 6.54 Å². The Bertz CT molecular complexity index is 354. The summed E-state index contributed by atoms with van der Waals surface area (Å²) in [6.07, 6.45) is -5.83. The molecule has 1 rings (SSSR count). The first kappa shape index (κ1) is 14.7. The van der Waals surface area contributed by atoms with Crippen LogP contribution >= 0.6 is 0 Å². The van der Waals surface area contributed by atoms with Crippen LogP contribution in [0.2, 0.25) is 0 Å². The van der Waals surface area contributed by atoms with E-state index in [1.54, 1.807) is 6.07 Å². The number of rotatable bonds is 6. The second kappa shape index (κ2) is 6.55. The molecular weight excluding hydrogens is 249 g/mol. The minimum absolute atomic E-state index is 0.193. The van der Waals surface area contributed by atoms with Crippen molar-refractivity contribution in [3.63, 3.8) is 0 Å². The quantitative estimate of drug-likeness (QED) is 0.817. The van der Waals surface area contributed by atoms with E-state index in [9.17, 15) is 13.2 Å². The normalized spacial score (nSPS) is 13.4. The summed E-state index contributed by atoms with van der Waals surface area (Å²) in [5, 5.41) is 11.8. The zero-order valence-electron chi connectivity index (χ0n) is 9.87. The second-order valence-electron chi connectivity index (χ2n) is 3.63. The maximum Gasteiger partial charge on any atom is 0.417 e. The number of hydrogen-bond acceptors (Lipinski definition) is 4. The van der Waals surface area contributed by atoms with Gasteiger partial charge in [-0.1, -0.05) is 6.92 Å². The van der Waals surface area contributed by atoms with Crippen molar-refractivity contribution in [2.75, 3.05) is 13.2 Å². The average Bonchev–Trinajstić information content (AvgIpc) is 2.33. The van der Waals surface area contributed by atoms with Crippen LogP contribution in [0, 0.1) is 0 Å². The van der Waals surface area contributed by atoms with Crippen molar-refractivity contribution in [1.29, 1.82) is 0 Å². The Morgan fingerprint density at radius 2 is 2.17 bits per heavy atom. The smallest absolute Gasteiger partial charge is 0.417 e. The first-order valence-electron chi connectivity index (χ1n) is 5.46. The molecule has 0 aliphatic rings. The zero-order chi connectivity index (χ0) is 13.6. The Morgan fingerprint density at radius 3 is 2.67 bits per heavy atom. The van der Waals surface area contributed by atoms with E-state index in [1.165, 1.54) is 12.3 Å². The average molecular weight is 264 g/mol. The standard InChI is InChI=1S/C11H15F3N2O2/c1-2-15-5-8-3-4-9(6-16-8)18-7-10(17)11(12,13)14/h3-4,6,10,15,17H,2,5,7H2,1H3. The molecule has 0 saturated heterocycles. The molecule has 18 heavy (non-hydrogen) atoms. The summed E-state index contributed by atoms with van der Waals surface area (Å²) in [4.78, 5) is 4.01. The van der Waals surface area contributed by atoms with Gasteiger partial charge in [0.1, 0.15) is 12.4 Å². The molecule has 1 atom stereocenters. The van der Waals surface area contributed by atoms with Crippen molar-refractivity contribution in [3.05, 3.63) is 24.0 Å². The molecule has 1 unspecified atom stereocenters. The predicted molar refractivity (Wildman–Crippen MR) is 59.2 cm³/mol. The van der Waals surface area contributed by atoms with Crippen molar-refractivity contribution >= 4 is 0 Å². The summed E-state index contributed by atoms with van der Waals surface area (Å²) >= 11 is 0. The van der Waals surface area contributed by atoms with Crippen LogP contribution < -0.4 is 10.1 Å². The fourth-order valence-electron chi connectivity index (χ4n) is 1.12. The van der Waals surface area contributed by atoms with Gasteiger partial charge in [0.25, 0.3) is 0 Å². The van der Waals surface area contributed by atoms with Crippen molar-refractivity contribution in [2.45, 2.75) is 25.7 Å². The van der Waals surface area contributed by atoms with Crippen LogP contribution in [-0.4, -0.2) is 35.5 Å². The number of aliphatic hydroxyl groups is 1. The molecule has 0 spiro atoms. The number of alkyl halides is 3. The zero-order valence-corrected chi connectivity index (χ0v) is 9.87. The molecular formula is C11H15F3N2O2. The molecule has 0 aliphatic carbocycles. The molecule has 0 radical (unpaired) electrons. The predicted octanol–water partition coefficient (Wildman–Crippen LogP) is 1.49. The van der Waals surface area contributed by atoms with E-state index in [1.807, 2.05) is 6.92 Å². The molecule has 0 aliphatic heterocycles. The number of aromatic nitrogens is 1. The Morgan fingerprint density at radius 1 is 1.44 bits per heavy atom. The number of ether oxygens (including phenoxy) is 1. The van der Waals surface area contributed by atoms with Crippen LogP contribution in [0.25, 0.3) is 0 Å². The second-order valence-corrected chi connectivity index (χ2v) is 3.63. The van der Waals surface area contributed by atoms with Gasteiger partial charge in [0.15, 0.2) is 6.10 Å². The van der Waals surface area contributed by atoms with Gasteiger partial charge in [-0.3, -0.25) is 4.98 Å². The number of aliphatic hydroxyl groups excluding tert-OH is 1. The van der Waals surface area contributed by atoms with Crippen molar-refractivity contribution in [1.82, 2.24) is 10.3 Å². The fourth-order valence-corrected chi connectivity index (χ4v) is 1.12. The van der Waals surface area contributed by atoms with Crippen LogP contribution in [0.1, 0.15) is 12.6 Å². The number of halogens is 3. The van der Waals surface area contributed by atoms with Gasteiger partial charge in [-0.25, -0.2) is 0 Å². The Hall–Kier alpha value is -1.34. The summed E-state index contributed by atoms with van der Waals surface area (Å²) in [6, 6.07) is 3.17. The molecule has 1 heterocycles. The van der Waals surface area contributed by atoms with Gasteiger partial charge in [0.2, 0.25) is 0 Å². The number of nitrogens with zero attached hydrogens (tertiary/aromatic N) is 1. The van der Waals surface area contributed by atoms with Crippen LogP contribution in [0.5, 0.6) is 5.75 Å². The highest BCUT2D eigenvalue weighted by molar-refractivity contribution is 5.19. The highest BCUT2D eigenvalue weighted by Crippen LogP contribution is 2.21. The SMILES string of the molecule is CCNCc1ccc(OCC(O)C(F)(F)F)cn1.